The normalized spacial score (nSPS) is 12.8. The fourth-order valence-corrected chi connectivity index (χ4v) is 2.41. The summed E-state index contributed by atoms with van der Waals surface area (Å²) < 4.78 is 0. The molecule has 0 saturated heterocycles. The minimum Gasteiger partial charge on any atom is -0.355 e. The SMILES string of the molecule is CC.CC.CNC(=O)c1ccc2c(c1)C(=O)N(C)C2=O.C\C=C/C(C)=C(C)/C=C\C. The van der Waals surface area contributed by atoms with E-state index in [1.807, 2.05) is 41.5 Å². The van der Waals surface area contributed by atoms with Gasteiger partial charge in [-0.15, -0.1) is 0 Å². The zero-order chi connectivity index (χ0) is 23.9. The summed E-state index contributed by atoms with van der Waals surface area (Å²) in [6, 6.07) is 4.48. The number of carbonyl (C=O) groups is 3. The van der Waals surface area contributed by atoms with Crippen LogP contribution in [0.5, 0.6) is 0 Å². The first-order valence-corrected chi connectivity index (χ1v) is 10.4. The summed E-state index contributed by atoms with van der Waals surface area (Å²) in [5, 5.41) is 2.46. The van der Waals surface area contributed by atoms with Gasteiger partial charge in [0.2, 0.25) is 0 Å². The summed E-state index contributed by atoms with van der Waals surface area (Å²) in [6.45, 7) is 16.3. The van der Waals surface area contributed by atoms with Crippen LogP contribution < -0.4 is 5.32 Å². The van der Waals surface area contributed by atoms with Crippen LogP contribution in [0.1, 0.15) is 86.5 Å². The van der Waals surface area contributed by atoms with Crippen LogP contribution in [0.25, 0.3) is 0 Å². The lowest BCUT2D eigenvalue weighted by atomic mass is 10.1. The lowest BCUT2D eigenvalue weighted by molar-refractivity contribution is 0.0693. The van der Waals surface area contributed by atoms with E-state index in [1.54, 1.807) is 0 Å². The maximum Gasteiger partial charge on any atom is 0.261 e. The number of nitrogens with one attached hydrogen (secondary N) is 1. The van der Waals surface area contributed by atoms with Crippen LogP contribution in [0.15, 0.2) is 53.6 Å². The lowest BCUT2D eigenvalue weighted by Gasteiger charge is -2.02. The van der Waals surface area contributed by atoms with Crippen molar-refractivity contribution >= 4 is 17.7 Å². The molecule has 1 N–H and O–H groups in total. The van der Waals surface area contributed by atoms with Gasteiger partial charge in [0, 0.05) is 19.7 Å². The molecule has 0 atom stereocenters. The summed E-state index contributed by atoms with van der Waals surface area (Å²) in [7, 11) is 2.93. The second-order valence-corrected chi connectivity index (χ2v) is 5.87. The van der Waals surface area contributed by atoms with Gasteiger partial charge in [-0.25, -0.2) is 0 Å². The van der Waals surface area contributed by atoms with Crippen LogP contribution in [-0.2, 0) is 0 Å². The topological polar surface area (TPSA) is 66.5 Å². The van der Waals surface area contributed by atoms with Crippen molar-refractivity contribution in [3.05, 3.63) is 70.3 Å². The Kier molecular flexibility index (Phi) is 15.5. The highest BCUT2D eigenvalue weighted by Crippen LogP contribution is 2.22. The Morgan fingerprint density at radius 3 is 1.70 bits per heavy atom. The molecule has 30 heavy (non-hydrogen) atoms. The second-order valence-electron chi connectivity index (χ2n) is 5.87. The molecule has 5 nitrogen and oxygen atoms in total. The van der Waals surface area contributed by atoms with Crippen molar-refractivity contribution in [3.8, 4) is 0 Å². The molecule has 0 bridgehead atoms. The van der Waals surface area contributed by atoms with Gasteiger partial charge < -0.3 is 5.32 Å². The number of nitrogens with zero attached hydrogens (tertiary/aromatic N) is 1. The molecular weight excluding hydrogens is 376 g/mol. The molecule has 1 aromatic rings. The van der Waals surface area contributed by atoms with E-state index >= 15 is 0 Å². The van der Waals surface area contributed by atoms with Crippen LogP contribution in [0.3, 0.4) is 0 Å². The van der Waals surface area contributed by atoms with E-state index in [0.29, 0.717) is 11.1 Å². The van der Waals surface area contributed by atoms with Crippen molar-refractivity contribution in [1.82, 2.24) is 10.2 Å². The number of amides is 3. The van der Waals surface area contributed by atoms with Gasteiger partial charge in [-0.2, -0.15) is 0 Å². The fourth-order valence-electron chi connectivity index (χ4n) is 2.41. The number of benzene rings is 1. The van der Waals surface area contributed by atoms with Crippen LogP contribution >= 0.6 is 0 Å². The first-order chi connectivity index (χ1) is 14.3. The average molecular weight is 415 g/mol. The Labute approximate surface area is 182 Å². The quantitative estimate of drug-likeness (QED) is 0.502. The molecule has 1 aromatic carbocycles. The Hall–Kier alpha value is -2.95. The molecule has 0 unspecified atom stereocenters. The number of allylic oxidation sites excluding steroid dienone is 6. The Morgan fingerprint density at radius 1 is 0.867 bits per heavy atom. The Morgan fingerprint density at radius 2 is 1.30 bits per heavy atom. The minimum absolute atomic E-state index is 0.280. The third-order valence-electron chi connectivity index (χ3n) is 4.03. The molecule has 2 rings (SSSR count). The van der Waals surface area contributed by atoms with Gasteiger partial charge in [-0.05, 0) is 57.0 Å². The molecule has 1 heterocycles. The summed E-state index contributed by atoms with van der Waals surface area (Å²) in [6.07, 6.45) is 8.36. The molecule has 0 spiro atoms. The number of fused-ring (bicyclic) bond motifs is 1. The zero-order valence-corrected chi connectivity index (χ0v) is 20.2. The molecular formula is C25H38N2O3. The molecule has 0 fully saturated rings. The minimum atomic E-state index is -0.370. The van der Waals surface area contributed by atoms with Crippen molar-refractivity contribution in [1.29, 1.82) is 0 Å². The van der Waals surface area contributed by atoms with Crippen molar-refractivity contribution in [2.24, 2.45) is 0 Å². The van der Waals surface area contributed by atoms with Gasteiger partial charge in [0.1, 0.15) is 0 Å². The van der Waals surface area contributed by atoms with E-state index in [0.717, 1.165) is 4.90 Å². The number of rotatable bonds is 3. The first-order valence-electron chi connectivity index (χ1n) is 10.4. The molecule has 5 heteroatoms. The monoisotopic (exact) mass is 414 g/mol. The van der Waals surface area contributed by atoms with Gasteiger partial charge in [0.15, 0.2) is 0 Å². The van der Waals surface area contributed by atoms with E-state index in [9.17, 15) is 14.4 Å². The van der Waals surface area contributed by atoms with Crippen LogP contribution in [0, 0.1) is 0 Å². The smallest absolute Gasteiger partial charge is 0.261 e. The maximum atomic E-state index is 11.6. The largest absolute Gasteiger partial charge is 0.355 e. The molecule has 0 radical (unpaired) electrons. The maximum absolute atomic E-state index is 11.6. The van der Waals surface area contributed by atoms with E-state index in [2.05, 4.69) is 43.5 Å². The standard InChI is InChI=1S/C11H10N2O3.C10H16.2C2H6/c1-12-9(14)6-3-4-7-8(5-6)11(16)13(2)10(7)15;1-5-7-9(3)10(4)8-6-2;2*1-2/h3-5H,1-2H3,(H,12,14);5-8H,1-4H3;2*1-2H3/b;7-5-,8-6-,10-9+;;. The Balaban J connectivity index is 0. The first kappa shape index (κ1) is 29.3. The van der Waals surface area contributed by atoms with Crippen molar-refractivity contribution < 1.29 is 14.4 Å². The van der Waals surface area contributed by atoms with E-state index in [4.69, 9.17) is 0 Å². The van der Waals surface area contributed by atoms with Gasteiger partial charge in [0.05, 0.1) is 11.1 Å². The second kappa shape index (κ2) is 15.9. The van der Waals surface area contributed by atoms with Crippen molar-refractivity contribution in [2.45, 2.75) is 55.4 Å². The molecule has 1 aliphatic rings. The van der Waals surface area contributed by atoms with Gasteiger partial charge >= 0.3 is 0 Å². The van der Waals surface area contributed by atoms with E-state index in [-0.39, 0.29) is 23.3 Å². The van der Waals surface area contributed by atoms with E-state index in [1.165, 1.54) is 43.4 Å². The third kappa shape index (κ3) is 8.19. The summed E-state index contributed by atoms with van der Waals surface area (Å²) >= 11 is 0. The van der Waals surface area contributed by atoms with Gasteiger partial charge in [-0.1, -0.05) is 52.0 Å². The molecule has 0 saturated carbocycles. The van der Waals surface area contributed by atoms with Crippen molar-refractivity contribution in [2.75, 3.05) is 14.1 Å². The summed E-state index contributed by atoms with van der Waals surface area (Å²) in [5.41, 5.74) is 3.67. The zero-order valence-electron chi connectivity index (χ0n) is 20.2. The summed E-state index contributed by atoms with van der Waals surface area (Å²) in [5.74, 6) is -0.980. The number of imide groups is 1. The molecule has 166 valence electrons. The van der Waals surface area contributed by atoms with Crippen LogP contribution in [-0.4, -0.2) is 36.7 Å². The number of carbonyl (C=O) groups excluding carboxylic acids is 3. The predicted molar refractivity (Wildman–Crippen MR) is 127 cm³/mol. The molecule has 1 aliphatic heterocycles. The lowest BCUT2D eigenvalue weighted by Crippen LogP contribution is -2.24. The molecule has 0 aliphatic carbocycles. The fraction of sp³-hybridized carbons (Fsp3) is 0.400. The number of hydrogen-bond acceptors (Lipinski definition) is 3. The molecule has 0 aromatic heterocycles. The van der Waals surface area contributed by atoms with Gasteiger partial charge in [-0.3, -0.25) is 19.3 Å². The highest BCUT2D eigenvalue weighted by molar-refractivity contribution is 6.21. The Bertz CT molecular complexity index is 783. The highest BCUT2D eigenvalue weighted by Gasteiger charge is 2.33. The van der Waals surface area contributed by atoms with Crippen LogP contribution in [0.2, 0.25) is 0 Å². The third-order valence-corrected chi connectivity index (χ3v) is 4.03. The van der Waals surface area contributed by atoms with Crippen molar-refractivity contribution in [3.63, 3.8) is 0 Å². The summed E-state index contributed by atoms with van der Waals surface area (Å²) in [4.78, 5) is 35.6. The predicted octanol–water partition coefficient (Wildman–Crippen LogP) is 5.80. The van der Waals surface area contributed by atoms with Gasteiger partial charge in [0.25, 0.3) is 17.7 Å². The van der Waals surface area contributed by atoms with Crippen LogP contribution in [0.4, 0.5) is 0 Å². The van der Waals surface area contributed by atoms with E-state index < -0.39 is 0 Å². The molecule has 3 amide bonds. The average Bonchev–Trinajstić information content (AvgIpc) is 3.00. The highest BCUT2D eigenvalue weighted by atomic mass is 16.2. The number of hydrogen-bond donors (Lipinski definition) is 1.